The van der Waals surface area contributed by atoms with Crippen molar-refractivity contribution in [3.63, 3.8) is 0 Å². The highest BCUT2D eigenvalue weighted by molar-refractivity contribution is 5.29. The first-order chi connectivity index (χ1) is 7.29. The molecule has 1 rings (SSSR count). The summed E-state index contributed by atoms with van der Waals surface area (Å²) < 4.78 is 39.3. The predicted molar refractivity (Wildman–Crippen MR) is 48.5 cm³/mol. The number of nitrogens with zero attached hydrogens (tertiary/aromatic N) is 1. The minimum atomic E-state index is -4.80. The average molecular weight is 235 g/mol. The van der Waals surface area contributed by atoms with Crippen LogP contribution in [0.25, 0.3) is 0 Å². The molecule has 0 N–H and O–H groups in total. The van der Waals surface area contributed by atoms with Gasteiger partial charge in [0.05, 0.1) is 0 Å². The van der Waals surface area contributed by atoms with Crippen LogP contribution in [0.3, 0.4) is 0 Å². The zero-order chi connectivity index (χ0) is 12.3. The van der Waals surface area contributed by atoms with Crippen molar-refractivity contribution in [2.24, 2.45) is 0 Å². The van der Waals surface area contributed by atoms with Gasteiger partial charge < -0.3 is 4.74 Å². The number of halogens is 3. The Morgan fingerprint density at radius 3 is 2.56 bits per heavy atom. The van der Waals surface area contributed by atoms with Gasteiger partial charge in [0, 0.05) is 17.4 Å². The zero-order valence-electron chi connectivity index (χ0n) is 8.19. The Morgan fingerprint density at radius 2 is 2.06 bits per heavy atom. The van der Waals surface area contributed by atoms with Gasteiger partial charge >= 0.3 is 6.36 Å². The van der Waals surface area contributed by atoms with Crippen molar-refractivity contribution in [2.75, 3.05) is 0 Å². The normalized spacial score (nSPS) is 13.2. The molecule has 0 bridgehead atoms. The third kappa shape index (κ3) is 3.41. The molecule has 0 heterocycles. The number of rotatable bonds is 3. The Morgan fingerprint density at radius 1 is 1.44 bits per heavy atom. The lowest BCUT2D eigenvalue weighted by Crippen LogP contribution is -2.17. The second-order valence-corrected chi connectivity index (χ2v) is 3.08. The van der Waals surface area contributed by atoms with Crippen molar-refractivity contribution in [2.45, 2.75) is 19.3 Å². The topological polar surface area (TPSA) is 52.4 Å². The van der Waals surface area contributed by atoms with Gasteiger partial charge in [-0.1, -0.05) is 12.1 Å². The maximum atomic E-state index is 11.9. The first-order valence-corrected chi connectivity index (χ1v) is 4.29. The van der Waals surface area contributed by atoms with Gasteiger partial charge in [-0.05, 0) is 12.1 Å². The first-order valence-electron chi connectivity index (χ1n) is 4.29. The number of hydrogen-bond acceptors (Lipinski definition) is 3. The van der Waals surface area contributed by atoms with E-state index in [0.29, 0.717) is 0 Å². The van der Waals surface area contributed by atoms with Gasteiger partial charge in [-0.15, -0.1) is 13.2 Å². The quantitative estimate of drug-likeness (QED) is 0.597. The van der Waals surface area contributed by atoms with E-state index < -0.39 is 23.1 Å². The Kier molecular flexibility index (Phi) is 3.36. The largest absolute Gasteiger partial charge is 0.573 e. The second kappa shape index (κ2) is 4.38. The van der Waals surface area contributed by atoms with Gasteiger partial charge in [-0.25, -0.2) is 0 Å². The SMILES string of the molecule is CC(c1cccc(OC(F)(F)F)c1)[N+](=O)[O-]. The summed E-state index contributed by atoms with van der Waals surface area (Å²) in [5.74, 6) is -0.460. The van der Waals surface area contributed by atoms with E-state index in [4.69, 9.17) is 0 Å². The van der Waals surface area contributed by atoms with Crippen LogP contribution < -0.4 is 4.74 Å². The Bertz CT molecular complexity index is 392. The van der Waals surface area contributed by atoms with Crippen LogP contribution in [0.1, 0.15) is 18.5 Å². The summed E-state index contributed by atoms with van der Waals surface area (Å²) in [5.41, 5.74) is 0.159. The van der Waals surface area contributed by atoms with Crippen LogP contribution >= 0.6 is 0 Å². The molecule has 0 saturated carbocycles. The molecule has 88 valence electrons. The minimum absolute atomic E-state index is 0.159. The van der Waals surface area contributed by atoms with E-state index in [0.717, 1.165) is 12.1 Å². The van der Waals surface area contributed by atoms with E-state index >= 15 is 0 Å². The summed E-state index contributed by atoms with van der Waals surface area (Å²) >= 11 is 0. The maximum Gasteiger partial charge on any atom is 0.573 e. The van der Waals surface area contributed by atoms with Crippen molar-refractivity contribution < 1.29 is 22.8 Å². The average Bonchev–Trinajstić information content (AvgIpc) is 2.14. The van der Waals surface area contributed by atoms with Crippen molar-refractivity contribution in [1.29, 1.82) is 0 Å². The van der Waals surface area contributed by atoms with Crippen molar-refractivity contribution in [3.8, 4) is 5.75 Å². The van der Waals surface area contributed by atoms with E-state index in [2.05, 4.69) is 4.74 Å². The predicted octanol–water partition coefficient (Wildman–Crippen LogP) is 2.92. The molecule has 0 aliphatic heterocycles. The lowest BCUT2D eigenvalue weighted by Gasteiger charge is -2.10. The van der Waals surface area contributed by atoms with E-state index in [1.165, 1.54) is 19.1 Å². The van der Waals surface area contributed by atoms with Gasteiger partial charge in [0.2, 0.25) is 6.04 Å². The Labute approximate surface area is 88.8 Å². The fourth-order valence-electron chi connectivity index (χ4n) is 1.09. The van der Waals surface area contributed by atoms with Crippen LogP contribution in [0.15, 0.2) is 24.3 Å². The molecule has 0 fully saturated rings. The molecule has 7 heteroatoms. The molecule has 4 nitrogen and oxygen atoms in total. The summed E-state index contributed by atoms with van der Waals surface area (Å²) in [6, 6.07) is 3.66. The summed E-state index contributed by atoms with van der Waals surface area (Å²) in [7, 11) is 0. The highest BCUT2D eigenvalue weighted by atomic mass is 19.4. The van der Waals surface area contributed by atoms with Gasteiger partial charge in [-0.2, -0.15) is 0 Å². The molecule has 0 aromatic heterocycles. The lowest BCUT2D eigenvalue weighted by molar-refractivity contribution is -0.524. The van der Waals surface area contributed by atoms with Crippen molar-refractivity contribution in [3.05, 3.63) is 39.9 Å². The molecule has 1 unspecified atom stereocenters. The van der Waals surface area contributed by atoms with Gasteiger partial charge in [0.1, 0.15) is 5.75 Å². The number of nitro groups is 1. The molecule has 1 atom stereocenters. The third-order valence-electron chi connectivity index (χ3n) is 1.89. The minimum Gasteiger partial charge on any atom is -0.406 e. The fourth-order valence-corrected chi connectivity index (χ4v) is 1.09. The summed E-state index contributed by atoms with van der Waals surface area (Å²) in [4.78, 5) is 9.85. The molecule has 0 radical (unpaired) electrons. The molecule has 0 aliphatic carbocycles. The number of benzene rings is 1. The monoisotopic (exact) mass is 235 g/mol. The summed E-state index contributed by atoms with van der Waals surface area (Å²) in [6.45, 7) is 1.28. The molecular weight excluding hydrogens is 227 g/mol. The zero-order valence-corrected chi connectivity index (χ0v) is 8.19. The Balaban J connectivity index is 2.91. The smallest absolute Gasteiger partial charge is 0.406 e. The van der Waals surface area contributed by atoms with Crippen LogP contribution in [-0.2, 0) is 0 Å². The molecule has 0 spiro atoms. The van der Waals surface area contributed by atoms with E-state index in [1.807, 2.05) is 0 Å². The number of ether oxygens (including phenoxy) is 1. The van der Waals surface area contributed by atoms with Crippen molar-refractivity contribution in [1.82, 2.24) is 0 Å². The molecule has 0 amide bonds. The Hall–Kier alpha value is -1.79. The molecule has 16 heavy (non-hydrogen) atoms. The van der Waals surface area contributed by atoms with Crippen LogP contribution in [0.4, 0.5) is 13.2 Å². The van der Waals surface area contributed by atoms with Crippen LogP contribution in [-0.4, -0.2) is 11.3 Å². The molecular formula is C9H8F3NO3. The molecule has 1 aromatic carbocycles. The summed E-state index contributed by atoms with van der Waals surface area (Å²) in [6.07, 6.45) is -4.80. The van der Waals surface area contributed by atoms with Gasteiger partial charge in [0.15, 0.2) is 0 Å². The molecule has 0 aliphatic rings. The van der Waals surface area contributed by atoms with E-state index in [1.54, 1.807) is 0 Å². The number of hydrogen-bond donors (Lipinski definition) is 0. The summed E-state index contributed by atoms with van der Waals surface area (Å²) in [5, 5.41) is 10.4. The van der Waals surface area contributed by atoms with Crippen molar-refractivity contribution >= 4 is 0 Å². The highest BCUT2D eigenvalue weighted by Crippen LogP contribution is 2.26. The molecule has 0 saturated heterocycles. The standard InChI is InChI=1S/C9H8F3NO3/c1-6(13(14)15)7-3-2-4-8(5-7)16-9(10,11)12/h2-6H,1H3. The molecule has 1 aromatic rings. The fraction of sp³-hybridized carbons (Fsp3) is 0.333. The third-order valence-corrected chi connectivity index (χ3v) is 1.89. The maximum absolute atomic E-state index is 11.9. The van der Waals surface area contributed by atoms with Gasteiger partial charge in [-0.3, -0.25) is 10.1 Å². The highest BCUT2D eigenvalue weighted by Gasteiger charge is 2.31. The number of alkyl halides is 3. The second-order valence-electron chi connectivity index (χ2n) is 3.08. The van der Waals surface area contributed by atoms with Crippen LogP contribution in [0, 0.1) is 10.1 Å². The van der Waals surface area contributed by atoms with Crippen LogP contribution in [0.5, 0.6) is 5.75 Å². The first kappa shape index (κ1) is 12.3. The lowest BCUT2D eigenvalue weighted by atomic mass is 10.1. The van der Waals surface area contributed by atoms with E-state index in [9.17, 15) is 23.3 Å². The van der Waals surface area contributed by atoms with E-state index in [-0.39, 0.29) is 5.56 Å². The van der Waals surface area contributed by atoms with Crippen LogP contribution in [0.2, 0.25) is 0 Å². The van der Waals surface area contributed by atoms with Gasteiger partial charge in [0.25, 0.3) is 0 Å².